The van der Waals surface area contributed by atoms with E-state index in [2.05, 4.69) is 17.1 Å². The Bertz CT molecular complexity index is 911. The molecule has 0 atom stereocenters. The van der Waals surface area contributed by atoms with Crippen LogP contribution < -0.4 is 14.9 Å². The number of hydrogen-bond acceptors (Lipinski definition) is 7. The third kappa shape index (κ3) is 5.56. The van der Waals surface area contributed by atoms with Gasteiger partial charge in [-0.05, 0) is 30.2 Å². The number of nitro groups is 1. The SMILES string of the molecule is C=CCc1ccc(OCC(=O)N/N=C/c2cc([N+](=O)[O-])ccc2O)c(OC)c1. The molecule has 0 saturated carbocycles. The number of nitro benzene ring substituents is 1. The Kier molecular flexibility index (Phi) is 7.09. The molecule has 9 heteroatoms. The van der Waals surface area contributed by atoms with Gasteiger partial charge in [-0.25, -0.2) is 5.43 Å². The summed E-state index contributed by atoms with van der Waals surface area (Å²) in [6.45, 7) is 3.35. The molecule has 0 heterocycles. The number of carbonyl (C=O) groups is 1. The van der Waals surface area contributed by atoms with Crippen molar-refractivity contribution in [3.63, 3.8) is 0 Å². The number of phenolic OH excluding ortho intramolecular Hbond substituents is 1. The van der Waals surface area contributed by atoms with Gasteiger partial charge < -0.3 is 14.6 Å². The number of rotatable bonds is 9. The largest absolute Gasteiger partial charge is 0.507 e. The van der Waals surface area contributed by atoms with Gasteiger partial charge in [0.1, 0.15) is 5.75 Å². The molecule has 0 aromatic heterocycles. The highest BCUT2D eigenvalue weighted by atomic mass is 16.6. The van der Waals surface area contributed by atoms with Gasteiger partial charge in [-0.1, -0.05) is 12.1 Å². The zero-order valence-electron chi connectivity index (χ0n) is 15.1. The molecule has 0 fully saturated rings. The summed E-state index contributed by atoms with van der Waals surface area (Å²) < 4.78 is 10.7. The second kappa shape index (κ2) is 9.72. The average Bonchev–Trinajstić information content (AvgIpc) is 2.68. The van der Waals surface area contributed by atoms with Gasteiger partial charge in [0, 0.05) is 17.7 Å². The van der Waals surface area contributed by atoms with E-state index >= 15 is 0 Å². The van der Waals surface area contributed by atoms with E-state index in [0.717, 1.165) is 23.9 Å². The minimum Gasteiger partial charge on any atom is -0.507 e. The number of hydrazone groups is 1. The molecule has 0 unspecified atom stereocenters. The number of nitrogens with zero attached hydrogens (tertiary/aromatic N) is 2. The number of carbonyl (C=O) groups excluding carboxylic acids is 1. The van der Waals surface area contributed by atoms with Crippen molar-refractivity contribution in [3.8, 4) is 17.2 Å². The number of benzene rings is 2. The molecule has 28 heavy (non-hydrogen) atoms. The predicted octanol–water partition coefficient (Wildman–Crippen LogP) is 2.57. The Morgan fingerprint density at radius 3 is 2.79 bits per heavy atom. The zero-order chi connectivity index (χ0) is 20.5. The first kappa shape index (κ1) is 20.4. The van der Waals surface area contributed by atoms with Crippen LogP contribution in [0.3, 0.4) is 0 Å². The van der Waals surface area contributed by atoms with Crippen LogP contribution in [-0.2, 0) is 11.2 Å². The molecule has 146 valence electrons. The predicted molar refractivity (Wildman–Crippen MR) is 103 cm³/mol. The lowest BCUT2D eigenvalue weighted by atomic mass is 10.1. The van der Waals surface area contributed by atoms with Crippen molar-refractivity contribution in [1.29, 1.82) is 0 Å². The second-order valence-electron chi connectivity index (χ2n) is 5.56. The summed E-state index contributed by atoms with van der Waals surface area (Å²) >= 11 is 0. The smallest absolute Gasteiger partial charge is 0.277 e. The number of ether oxygens (including phenoxy) is 2. The monoisotopic (exact) mass is 385 g/mol. The number of hydrogen-bond donors (Lipinski definition) is 2. The van der Waals surface area contributed by atoms with E-state index in [0.29, 0.717) is 17.9 Å². The fourth-order valence-electron chi connectivity index (χ4n) is 2.23. The lowest BCUT2D eigenvalue weighted by molar-refractivity contribution is -0.384. The van der Waals surface area contributed by atoms with E-state index in [4.69, 9.17) is 9.47 Å². The lowest BCUT2D eigenvalue weighted by Crippen LogP contribution is -2.24. The normalized spacial score (nSPS) is 10.5. The van der Waals surface area contributed by atoms with Crippen molar-refractivity contribution in [2.45, 2.75) is 6.42 Å². The van der Waals surface area contributed by atoms with Crippen molar-refractivity contribution in [2.24, 2.45) is 5.10 Å². The molecule has 0 bridgehead atoms. The van der Waals surface area contributed by atoms with Gasteiger partial charge in [0.15, 0.2) is 18.1 Å². The number of amides is 1. The molecular weight excluding hydrogens is 366 g/mol. The van der Waals surface area contributed by atoms with Crippen LogP contribution in [0.4, 0.5) is 5.69 Å². The van der Waals surface area contributed by atoms with Gasteiger partial charge >= 0.3 is 0 Å². The molecule has 0 aliphatic rings. The second-order valence-corrected chi connectivity index (χ2v) is 5.56. The molecule has 0 aliphatic heterocycles. The van der Waals surface area contributed by atoms with E-state index in [9.17, 15) is 20.0 Å². The number of allylic oxidation sites excluding steroid dienone is 1. The third-order valence-electron chi connectivity index (χ3n) is 3.58. The summed E-state index contributed by atoms with van der Waals surface area (Å²) in [4.78, 5) is 22.0. The van der Waals surface area contributed by atoms with Crippen LogP contribution in [0.15, 0.2) is 54.2 Å². The Balaban J connectivity index is 1.94. The maximum absolute atomic E-state index is 11.9. The third-order valence-corrected chi connectivity index (χ3v) is 3.58. The highest BCUT2D eigenvalue weighted by molar-refractivity contribution is 5.86. The quantitative estimate of drug-likeness (QED) is 0.296. The molecule has 2 N–H and O–H groups in total. The van der Waals surface area contributed by atoms with Crippen molar-refractivity contribution in [2.75, 3.05) is 13.7 Å². The Hall–Kier alpha value is -3.88. The summed E-state index contributed by atoms with van der Waals surface area (Å²) in [5.41, 5.74) is 3.09. The molecule has 2 rings (SSSR count). The van der Waals surface area contributed by atoms with Crippen LogP contribution in [0.1, 0.15) is 11.1 Å². The van der Waals surface area contributed by atoms with Crippen LogP contribution in [0.25, 0.3) is 0 Å². The van der Waals surface area contributed by atoms with Crippen molar-refractivity contribution in [3.05, 3.63) is 70.3 Å². The maximum atomic E-state index is 11.9. The number of aromatic hydroxyl groups is 1. The number of nitrogens with one attached hydrogen (secondary N) is 1. The van der Waals surface area contributed by atoms with Crippen molar-refractivity contribution < 1.29 is 24.3 Å². The molecule has 1 amide bonds. The van der Waals surface area contributed by atoms with Gasteiger partial charge in [0.25, 0.3) is 11.6 Å². The first-order valence-electron chi connectivity index (χ1n) is 8.14. The highest BCUT2D eigenvalue weighted by Crippen LogP contribution is 2.28. The fraction of sp³-hybridized carbons (Fsp3) is 0.158. The van der Waals surface area contributed by atoms with Crippen molar-refractivity contribution in [1.82, 2.24) is 5.43 Å². The first-order valence-corrected chi connectivity index (χ1v) is 8.14. The van der Waals surface area contributed by atoms with Gasteiger partial charge in [-0.2, -0.15) is 5.10 Å². The Morgan fingerprint density at radius 2 is 2.11 bits per heavy atom. The Labute approximate surface area is 161 Å². The zero-order valence-corrected chi connectivity index (χ0v) is 15.1. The van der Waals surface area contributed by atoms with E-state index in [1.165, 1.54) is 13.2 Å². The minimum absolute atomic E-state index is 0.0925. The molecule has 0 radical (unpaired) electrons. The van der Waals surface area contributed by atoms with E-state index in [1.54, 1.807) is 18.2 Å². The van der Waals surface area contributed by atoms with Gasteiger partial charge in [0.05, 0.1) is 18.2 Å². The van der Waals surface area contributed by atoms with Crippen LogP contribution in [0.2, 0.25) is 0 Å². The van der Waals surface area contributed by atoms with E-state index < -0.39 is 10.8 Å². The molecular formula is C19H19N3O6. The van der Waals surface area contributed by atoms with Crippen molar-refractivity contribution >= 4 is 17.8 Å². The number of methoxy groups -OCH3 is 1. The first-order chi connectivity index (χ1) is 13.4. The summed E-state index contributed by atoms with van der Waals surface area (Å²) in [5, 5.41) is 24.1. The molecule has 0 saturated heterocycles. The van der Waals surface area contributed by atoms with Crippen LogP contribution in [0.5, 0.6) is 17.2 Å². The van der Waals surface area contributed by atoms with E-state index in [1.807, 2.05) is 6.07 Å². The average molecular weight is 385 g/mol. The van der Waals surface area contributed by atoms with Gasteiger partial charge in [-0.3, -0.25) is 14.9 Å². The highest BCUT2D eigenvalue weighted by Gasteiger charge is 2.10. The Morgan fingerprint density at radius 1 is 1.32 bits per heavy atom. The van der Waals surface area contributed by atoms with Crippen LogP contribution >= 0.6 is 0 Å². The van der Waals surface area contributed by atoms with Crippen LogP contribution in [0, 0.1) is 10.1 Å². The molecule has 2 aromatic rings. The maximum Gasteiger partial charge on any atom is 0.277 e. The van der Waals surface area contributed by atoms with Crippen LogP contribution in [-0.4, -0.2) is 35.9 Å². The molecule has 0 aliphatic carbocycles. The summed E-state index contributed by atoms with van der Waals surface area (Å²) in [6.07, 6.45) is 3.54. The minimum atomic E-state index is -0.600. The number of non-ortho nitro benzene ring substituents is 1. The fourth-order valence-corrected chi connectivity index (χ4v) is 2.23. The van der Waals surface area contributed by atoms with Gasteiger partial charge in [0.2, 0.25) is 0 Å². The molecule has 2 aromatic carbocycles. The standard InChI is InChI=1S/C19H19N3O6/c1-3-4-13-5-8-17(18(9-13)27-2)28-12-19(24)21-20-11-14-10-15(22(25)26)6-7-16(14)23/h3,5-11,23H,1,4,12H2,2H3,(H,21,24)/b20-11+. The summed E-state index contributed by atoms with van der Waals surface area (Å²) in [6, 6.07) is 8.78. The summed E-state index contributed by atoms with van der Waals surface area (Å²) in [5.74, 6) is 0.116. The summed E-state index contributed by atoms with van der Waals surface area (Å²) in [7, 11) is 1.50. The topological polar surface area (TPSA) is 123 Å². The molecule has 9 nitrogen and oxygen atoms in total. The van der Waals surface area contributed by atoms with Gasteiger partial charge in [-0.15, -0.1) is 6.58 Å². The van der Waals surface area contributed by atoms with E-state index in [-0.39, 0.29) is 23.6 Å². The molecule has 0 spiro atoms. The lowest BCUT2D eigenvalue weighted by Gasteiger charge is -2.11. The number of phenols is 1.